The molecule has 0 saturated heterocycles. The standard InChI is InChI=1S/C9H13NO4/c10-9(8(13)14)4-1-2-6(9)5(3-4)7(11)12/h4-6H,1-3,10H2,(H,11,12)(H,13,14)/t4-,5-,6+,9+/m1/s1. The molecule has 0 aromatic rings. The molecule has 2 saturated carbocycles. The Morgan fingerprint density at radius 3 is 2.29 bits per heavy atom. The van der Waals surface area contributed by atoms with E-state index in [1.807, 2.05) is 0 Å². The molecule has 0 aromatic carbocycles. The fourth-order valence-electron chi connectivity index (χ4n) is 3.09. The number of carbonyl (C=O) groups is 2. The van der Waals surface area contributed by atoms with Gasteiger partial charge in [-0.3, -0.25) is 9.59 Å². The summed E-state index contributed by atoms with van der Waals surface area (Å²) < 4.78 is 0. The lowest BCUT2D eigenvalue weighted by atomic mass is 9.85. The number of rotatable bonds is 2. The van der Waals surface area contributed by atoms with Gasteiger partial charge in [-0.25, -0.2) is 0 Å². The van der Waals surface area contributed by atoms with Gasteiger partial charge < -0.3 is 15.9 Å². The smallest absolute Gasteiger partial charge is 0.324 e. The first-order valence-corrected chi connectivity index (χ1v) is 4.73. The maximum atomic E-state index is 11.0. The third-order valence-corrected chi connectivity index (χ3v) is 3.83. The molecule has 0 radical (unpaired) electrons. The zero-order valence-corrected chi connectivity index (χ0v) is 7.64. The van der Waals surface area contributed by atoms with Crippen LogP contribution >= 0.6 is 0 Å². The molecule has 0 amide bonds. The highest BCUT2D eigenvalue weighted by Crippen LogP contribution is 2.54. The van der Waals surface area contributed by atoms with Gasteiger partial charge in [0.25, 0.3) is 0 Å². The molecule has 78 valence electrons. The van der Waals surface area contributed by atoms with Gasteiger partial charge in [0.2, 0.25) is 0 Å². The van der Waals surface area contributed by atoms with Crippen LogP contribution in [0.4, 0.5) is 0 Å². The van der Waals surface area contributed by atoms with E-state index < -0.39 is 23.4 Å². The monoisotopic (exact) mass is 199 g/mol. The fourth-order valence-corrected chi connectivity index (χ4v) is 3.09. The van der Waals surface area contributed by atoms with Gasteiger partial charge in [-0.05, 0) is 25.2 Å². The average molecular weight is 199 g/mol. The normalized spacial score (nSPS) is 45.4. The summed E-state index contributed by atoms with van der Waals surface area (Å²) in [7, 11) is 0. The van der Waals surface area contributed by atoms with Crippen molar-refractivity contribution in [1.29, 1.82) is 0 Å². The van der Waals surface area contributed by atoms with Crippen LogP contribution in [0, 0.1) is 17.8 Å². The van der Waals surface area contributed by atoms with Crippen molar-refractivity contribution in [2.75, 3.05) is 0 Å². The van der Waals surface area contributed by atoms with E-state index in [-0.39, 0.29) is 11.8 Å². The molecule has 2 aliphatic rings. The van der Waals surface area contributed by atoms with E-state index in [0.29, 0.717) is 12.8 Å². The van der Waals surface area contributed by atoms with Crippen LogP contribution in [-0.2, 0) is 9.59 Å². The van der Waals surface area contributed by atoms with Gasteiger partial charge in [0.15, 0.2) is 0 Å². The Labute approximate surface area is 80.9 Å². The van der Waals surface area contributed by atoms with Crippen molar-refractivity contribution < 1.29 is 19.8 Å². The lowest BCUT2D eigenvalue weighted by Crippen LogP contribution is -2.53. The molecule has 0 spiro atoms. The van der Waals surface area contributed by atoms with E-state index in [0.717, 1.165) is 6.42 Å². The Morgan fingerprint density at radius 2 is 1.93 bits per heavy atom. The summed E-state index contributed by atoms with van der Waals surface area (Å²) in [5.74, 6) is -3.06. The summed E-state index contributed by atoms with van der Waals surface area (Å²) in [4.78, 5) is 21.9. The summed E-state index contributed by atoms with van der Waals surface area (Å²) in [6.07, 6.45) is 1.80. The maximum Gasteiger partial charge on any atom is 0.324 e. The molecule has 2 fully saturated rings. The van der Waals surface area contributed by atoms with Crippen molar-refractivity contribution in [3.05, 3.63) is 0 Å². The van der Waals surface area contributed by atoms with Gasteiger partial charge in [-0.15, -0.1) is 0 Å². The molecule has 4 N–H and O–H groups in total. The highest BCUT2D eigenvalue weighted by molar-refractivity contribution is 5.83. The Bertz CT molecular complexity index is 303. The number of fused-ring (bicyclic) bond motifs is 2. The van der Waals surface area contributed by atoms with Crippen LogP contribution in [0.5, 0.6) is 0 Å². The topological polar surface area (TPSA) is 101 Å². The quantitative estimate of drug-likeness (QED) is 0.576. The molecular formula is C9H13NO4. The molecule has 4 atom stereocenters. The number of carboxylic acids is 2. The van der Waals surface area contributed by atoms with Crippen LogP contribution in [0.3, 0.4) is 0 Å². The second kappa shape index (κ2) is 2.70. The molecule has 5 heteroatoms. The summed E-state index contributed by atoms with van der Waals surface area (Å²) in [5.41, 5.74) is 4.53. The Kier molecular flexibility index (Phi) is 1.82. The second-order valence-electron chi connectivity index (χ2n) is 4.30. The fraction of sp³-hybridized carbons (Fsp3) is 0.778. The van der Waals surface area contributed by atoms with E-state index in [1.54, 1.807) is 0 Å². The molecule has 0 aromatic heterocycles. The van der Waals surface area contributed by atoms with Gasteiger partial charge in [0, 0.05) is 5.92 Å². The molecule has 2 aliphatic carbocycles. The minimum Gasteiger partial charge on any atom is -0.481 e. The first-order valence-electron chi connectivity index (χ1n) is 4.73. The van der Waals surface area contributed by atoms with Gasteiger partial charge in [-0.1, -0.05) is 0 Å². The maximum absolute atomic E-state index is 11.0. The van der Waals surface area contributed by atoms with Crippen LogP contribution in [-0.4, -0.2) is 27.7 Å². The van der Waals surface area contributed by atoms with Crippen LogP contribution < -0.4 is 5.73 Å². The molecule has 0 heterocycles. The largest absolute Gasteiger partial charge is 0.481 e. The molecule has 14 heavy (non-hydrogen) atoms. The van der Waals surface area contributed by atoms with Gasteiger partial charge >= 0.3 is 11.9 Å². The minimum absolute atomic E-state index is 0.161. The molecule has 0 unspecified atom stereocenters. The van der Waals surface area contributed by atoms with Crippen LogP contribution in [0.25, 0.3) is 0 Å². The van der Waals surface area contributed by atoms with Crippen molar-refractivity contribution in [2.24, 2.45) is 23.5 Å². The highest BCUT2D eigenvalue weighted by Gasteiger charge is 2.63. The first kappa shape index (κ1) is 9.45. The summed E-state index contributed by atoms with van der Waals surface area (Å²) in [6, 6.07) is 0. The Balaban J connectivity index is 2.32. The van der Waals surface area contributed by atoms with E-state index in [2.05, 4.69) is 0 Å². The van der Waals surface area contributed by atoms with Crippen molar-refractivity contribution in [3.63, 3.8) is 0 Å². The first-order chi connectivity index (χ1) is 6.48. The van der Waals surface area contributed by atoms with Crippen molar-refractivity contribution >= 4 is 11.9 Å². The number of carboxylic acid groups (broad SMARTS) is 2. The number of aliphatic carboxylic acids is 2. The molecular weight excluding hydrogens is 186 g/mol. The third-order valence-electron chi connectivity index (χ3n) is 3.83. The van der Waals surface area contributed by atoms with E-state index in [1.165, 1.54) is 0 Å². The minimum atomic E-state index is -1.29. The summed E-state index contributed by atoms with van der Waals surface area (Å²) >= 11 is 0. The van der Waals surface area contributed by atoms with Crippen LogP contribution in [0.2, 0.25) is 0 Å². The summed E-state index contributed by atoms with van der Waals surface area (Å²) in [5, 5.41) is 17.9. The van der Waals surface area contributed by atoms with E-state index in [9.17, 15) is 9.59 Å². The predicted octanol–water partition coefficient (Wildman–Crippen LogP) is -0.101. The Morgan fingerprint density at radius 1 is 1.29 bits per heavy atom. The lowest BCUT2D eigenvalue weighted by Gasteiger charge is -2.24. The van der Waals surface area contributed by atoms with Crippen LogP contribution in [0.15, 0.2) is 0 Å². The highest BCUT2D eigenvalue weighted by atomic mass is 16.4. The lowest BCUT2D eigenvalue weighted by molar-refractivity contribution is -0.147. The predicted molar refractivity (Wildman–Crippen MR) is 46.5 cm³/mol. The molecule has 5 nitrogen and oxygen atoms in total. The Hall–Kier alpha value is -1.10. The molecule has 2 bridgehead atoms. The zero-order chi connectivity index (χ0) is 10.5. The van der Waals surface area contributed by atoms with E-state index >= 15 is 0 Å². The van der Waals surface area contributed by atoms with Crippen molar-refractivity contribution in [2.45, 2.75) is 24.8 Å². The molecule has 0 aliphatic heterocycles. The van der Waals surface area contributed by atoms with Gasteiger partial charge in [0.1, 0.15) is 5.54 Å². The number of hydrogen-bond acceptors (Lipinski definition) is 3. The number of nitrogens with two attached hydrogens (primary N) is 1. The SMILES string of the molecule is N[C@@]1(C(=O)O)[C@@H]2CC[C@H]1[C@H](C(=O)O)C2. The zero-order valence-electron chi connectivity index (χ0n) is 7.64. The average Bonchev–Trinajstić information content (AvgIpc) is 2.58. The van der Waals surface area contributed by atoms with Crippen molar-refractivity contribution in [1.82, 2.24) is 0 Å². The number of hydrogen-bond donors (Lipinski definition) is 3. The van der Waals surface area contributed by atoms with Gasteiger partial charge in [0.05, 0.1) is 5.92 Å². The third kappa shape index (κ3) is 0.930. The second-order valence-corrected chi connectivity index (χ2v) is 4.30. The van der Waals surface area contributed by atoms with Gasteiger partial charge in [-0.2, -0.15) is 0 Å². The summed E-state index contributed by atoms with van der Waals surface area (Å²) in [6.45, 7) is 0. The van der Waals surface area contributed by atoms with Crippen molar-refractivity contribution in [3.8, 4) is 0 Å². The molecule has 2 rings (SSSR count). The van der Waals surface area contributed by atoms with E-state index in [4.69, 9.17) is 15.9 Å². The van der Waals surface area contributed by atoms with Crippen LogP contribution in [0.1, 0.15) is 19.3 Å².